The third-order valence-corrected chi connectivity index (χ3v) is 8.40. The van der Waals surface area contributed by atoms with Gasteiger partial charge in [0.05, 0.1) is 17.0 Å². The maximum atomic E-state index is 13.1. The van der Waals surface area contributed by atoms with Crippen LogP contribution in [-0.4, -0.2) is 73.7 Å². The summed E-state index contributed by atoms with van der Waals surface area (Å²) in [5.41, 5.74) is 1.29. The summed E-state index contributed by atoms with van der Waals surface area (Å²) in [6.07, 6.45) is -0.636. The van der Waals surface area contributed by atoms with Crippen LogP contribution in [0.1, 0.15) is 18.4 Å². The summed E-state index contributed by atoms with van der Waals surface area (Å²) in [7, 11) is -3.73. The first-order valence-electron chi connectivity index (χ1n) is 11.7. The summed E-state index contributed by atoms with van der Waals surface area (Å²) < 4.78 is 66.2. The van der Waals surface area contributed by atoms with E-state index in [1.54, 1.807) is 18.5 Å². The molecule has 9 nitrogen and oxygen atoms in total. The van der Waals surface area contributed by atoms with E-state index < -0.39 is 28.1 Å². The molecule has 2 aliphatic rings. The Morgan fingerprint density at radius 3 is 2.39 bits per heavy atom. The molecular weight excluding hydrogens is 497 g/mol. The zero-order valence-corrected chi connectivity index (χ0v) is 20.4. The second-order valence-electron chi connectivity index (χ2n) is 8.87. The van der Waals surface area contributed by atoms with Gasteiger partial charge in [-0.15, -0.1) is 0 Å². The largest absolute Gasteiger partial charge is 0.393 e. The molecule has 3 N–H and O–H groups in total. The van der Waals surface area contributed by atoms with Gasteiger partial charge in [-0.25, -0.2) is 13.2 Å². The van der Waals surface area contributed by atoms with Crippen LogP contribution in [0, 0.1) is 5.92 Å². The zero-order chi connectivity index (χ0) is 25.8. The van der Waals surface area contributed by atoms with Gasteiger partial charge in [0.15, 0.2) is 0 Å². The highest BCUT2D eigenvalue weighted by Crippen LogP contribution is 2.32. The van der Waals surface area contributed by atoms with E-state index >= 15 is 0 Å². The Morgan fingerprint density at radius 1 is 1.08 bits per heavy atom. The highest BCUT2D eigenvalue weighted by atomic mass is 32.2. The van der Waals surface area contributed by atoms with E-state index in [-0.39, 0.29) is 37.1 Å². The van der Waals surface area contributed by atoms with Crippen LogP contribution in [0.2, 0.25) is 0 Å². The summed E-state index contributed by atoms with van der Waals surface area (Å²) in [6.45, 7) is 1.56. The number of carbonyl (C=O) groups excluding carboxylic acids is 1. The molecule has 0 aliphatic carbocycles. The van der Waals surface area contributed by atoms with Crippen molar-refractivity contribution in [2.24, 2.45) is 5.92 Å². The van der Waals surface area contributed by atoms with Crippen molar-refractivity contribution in [3.8, 4) is 0 Å². The number of piperazine rings is 1. The lowest BCUT2D eigenvalue weighted by Crippen LogP contribution is -2.58. The van der Waals surface area contributed by atoms with Crippen LogP contribution in [-0.2, 0) is 16.6 Å². The third-order valence-electron chi connectivity index (χ3n) is 6.49. The summed E-state index contributed by atoms with van der Waals surface area (Å²) in [6, 6.07) is 9.11. The number of benzene rings is 1. The lowest BCUT2D eigenvalue weighted by Gasteiger charge is -2.42. The topological polar surface area (TPSA) is 107 Å². The van der Waals surface area contributed by atoms with Gasteiger partial charge < -0.3 is 16.0 Å². The minimum Gasteiger partial charge on any atom is -0.334 e. The molecule has 2 aliphatic heterocycles. The molecule has 4 rings (SSSR count). The van der Waals surface area contributed by atoms with Gasteiger partial charge >= 0.3 is 12.2 Å². The van der Waals surface area contributed by atoms with Gasteiger partial charge in [0, 0.05) is 57.3 Å². The number of nitrogens with one attached hydrogen (secondary N) is 3. The number of hydrogen-bond donors (Lipinski definition) is 3. The molecule has 2 aromatic rings. The van der Waals surface area contributed by atoms with E-state index in [2.05, 4.69) is 20.9 Å². The zero-order valence-electron chi connectivity index (χ0n) is 19.5. The molecule has 0 spiro atoms. The quantitative estimate of drug-likeness (QED) is 0.534. The second kappa shape index (κ2) is 11.1. The molecule has 0 bridgehead atoms. The van der Waals surface area contributed by atoms with E-state index in [0.29, 0.717) is 31.7 Å². The molecule has 1 aromatic heterocycles. The molecule has 1 aromatic carbocycles. The Balaban J connectivity index is 1.26. The van der Waals surface area contributed by atoms with Crippen LogP contribution in [0.3, 0.4) is 0 Å². The minimum absolute atomic E-state index is 0.0710. The summed E-state index contributed by atoms with van der Waals surface area (Å²) >= 11 is 0. The molecular formula is C23H29F3N6O3S. The van der Waals surface area contributed by atoms with Crippen molar-refractivity contribution in [2.45, 2.75) is 36.6 Å². The van der Waals surface area contributed by atoms with Gasteiger partial charge in [-0.05, 0) is 48.7 Å². The van der Waals surface area contributed by atoms with Crippen molar-refractivity contribution in [3.63, 3.8) is 0 Å². The lowest BCUT2D eigenvalue weighted by molar-refractivity contribution is -0.182. The maximum absolute atomic E-state index is 13.1. The fourth-order valence-electron chi connectivity index (χ4n) is 4.41. The Bertz CT molecular complexity index is 1120. The Kier molecular flexibility index (Phi) is 8.13. The van der Waals surface area contributed by atoms with Gasteiger partial charge in [0.2, 0.25) is 10.0 Å². The van der Waals surface area contributed by atoms with E-state index in [1.807, 2.05) is 11.0 Å². The van der Waals surface area contributed by atoms with Crippen molar-refractivity contribution < 1.29 is 26.4 Å². The number of carbonyl (C=O) groups is 1. The van der Waals surface area contributed by atoms with Gasteiger partial charge in [-0.2, -0.15) is 17.5 Å². The van der Waals surface area contributed by atoms with Crippen molar-refractivity contribution >= 4 is 21.7 Å². The number of sulfonamides is 1. The fraction of sp³-hybridized carbons (Fsp3) is 0.478. The molecule has 2 unspecified atom stereocenters. The molecule has 0 radical (unpaired) electrons. The van der Waals surface area contributed by atoms with Crippen molar-refractivity contribution in [3.05, 3.63) is 54.4 Å². The normalized spacial score (nSPS) is 22.2. The fourth-order valence-corrected chi connectivity index (χ4v) is 5.83. The maximum Gasteiger partial charge on any atom is 0.393 e. The number of piperidine rings is 1. The number of anilines is 1. The molecule has 36 heavy (non-hydrogen) atoms. The number of amides is 2. The van der Waals surface area contributed by atoms with E-state index in [0.717, 1.165) is 5.56 Å². The van der Waals surface area contributed by atoms with Gasteiger partial charge in [0.1, 0.15) is 0 Å². The first-order chi connectivity index (χ1) is 17.1. The minimum atomic E-state index is -4.19. The molecule has 2 atom stereocenters. The molecule has 2 fully saturated rings. The molecule has 2 saturated heterocycles. The Morgan fingerprint density at radius 2 is 1.81 bits per heavy atom. The molecule has 196 valence electrons. The Hall–Kier alpha value is -2.74. The van der Waals surface area contributed by atoms with Gasteiger partial charge in [-0.3, -0.25) is 9.88 Å². The predicted molar refractivity (Wildman–Crippen MR) is 127 cm³/mol. The first-order valence-corrected chi connectivity index (χ1v) is 13.1. The van der Waals surface area contributed by atoms with Crippen LogP contribution < -0.4 is 16.0 Å². The monoisotopic (exact) mass is 526 g/mol. The summed E-state index contributed by atoms with van der Waals surface area (Å²) in [5, 5.41) is 8.33. The number of halogens is 3. The number of alkyl halides is 3. The number of rotatable bonds is 6. The van der Waals surface area contributed by atoms with Crippen LogP contribution >= 0.6 is 0 Å². The predicted octanol–water partition coefficient (Wildman–Crippen LogP) is 2.60. The average molecular weight is 527 g/mol. The molecule has 2 amide bonds. The molecule has 13 heteroatoms. The number of aromatic nitrogens is 1. The average Bonchev–Trinajstić information content (AvgIpc) is 2.88. The van der Waals surface area contributed by atoms with Crippen LogP contribution in [0.25, 0.3) is 0 Å². The number of nitrogens with zero attached hydrogens (tertiary/aromatic N) is 3. The number of hydrogen-bond acceptors (Lipinski definition) is 6. The van der Waals surface area contributed by atoms with Crippen molar-refractivity contribution in [2.75, 3.05) is 38.0 Å². The van der Waals surface area contributed by atoms with Crippen LogP contribution in [0.4, 0.5) is 23.7 Å². The number of urea groups is 1. The third kappa shape index (κ3) is 6.52. The van der Waals surface area contributed by atoms with E-state index in [9.17, 15) is 26.4 Å². The van der Waals surface area contributed by atoms with E-state index in [1.165, 1.54) is 28.6 Å². The van der Waals surface area contributed by atoms with Crippen molar-refractivity contribution in [1.82, 2.24) is 24.8 Å². The molecule has 3 heterocycles. The lowest BCUT2D eigenvalue weighted by atomic mass is 9.96. The Labute approximate surface area is 208 Å². The van der Waals surface area contributed by atoms with Crippen molar-refractivity contribution in [1.29, 1.82) is 0 Å². The van der Waals surface area contributed by atoms with Crippen LogP contribution in [0.5, 0.6) is 0 Å². The summed E-state index contributed by atoms with van der Waals surface area (Å²) in [4.78, 5) is 18.2. The highest BCUT2D eigenvalue weighted by molar-refractivity contribution is 7.89. The number of pyridine rings is 1. The second-order valence-corrected chi connectivity index (χ2v) is 10.8. The molecule has 0 saturated carbocycles. The van der Waals surface area contributed by atoms with Crippen LogP contribution in [0.15, 0.2) is 53.7 Å². The van der Waals surface area contributed by atoms with Gasteiger partial charge in [0.25, 0.3) is 0 Å². The summed E-state index contributed by atoms with van der Waals surface area (Å²) in [5.74, 6) is -1.33. The highest BCUT2D eigenvalue weighted by Gasteiger charge is 2.42. The van der Waals surface area contributed by atoms with Gasteiger partial charge in [-0.1, -0.05) is 6.07 Å². The first kappa shape index (κ1) is 26.3. The smallest absolute Gasteiger partial charge is 0.334 e. The van der Waals surface area contributed by atoms with E-state index in [4.69, 9.17) is 0 Å². The standard InChI is InChI=1S/C23H29F3N6O3S/c24-23(25,26)18-3-8-21(28-16-18)31-10-12-32(13-11-31)36(34,35)20-6-4-19(5-7-20)30-22(33)29-15-17-2-1-9-27-14-17/h1-2,4-7,9,14,18,21,28H,3,8,10-13,15-16H2,(H2,29,30,33). The SMILES string of the molecule is O=C(NCc1cccnc1)Nc1ccc(S(=O)(=O)N2CCN(C3CCC(C(F)(F)F)CN3)CC2)cc1.